The van der Waals surface area contributed by atoms with Crippen LogP contribution in [-0.4, -0.2) is 38.4 Å². The van der Waals surface area contributed by atoms with Crippen molar-refractivity contribution in [3.05, 3.63) is 71.8 Å². The Balaban J connectivity index is 1.43. The lowest BCUT2D eigenvalue weighted by atomic mass is 10.1. The van der Waals surface area contributed by atoms with E-state index in [2.05, 4.69) is 5.32 Å². The Bertz CT molecular complexity index is 686. The molecule has 0 spiro atoms. The second-order valence-corrected chi connectivity index (χ2v) is 6.94. The quantitative estimate of drug-likeness (QED) is 0.501. The number of benzene rings is 2. The lowest BCUT2D eigenvalue weighted by Crippen LogP contribution is -2.41. The van der Waals surface area contributed by atoms with Gasteiger partial charge >= 0.3 is 5.97 Å². The fourth-order valence-electron chi connectivity index (χ4n) is 3.25. The average molecular weight is 383 g/mol. The van der Waals surface area contributed by atoms with E-state index >= 15 is 0 Å². The third-order valence-electron chi connectivity index (χ3n) is 4.79. The Morgan fingerprint density at radius 1 is 1.00 bits per heavy atom. The van der Waals surface area contributed by atoms with Gasteiger partial charge in [-0.3, -0.25) is 4.79 Å². The molecule has 1 fully saturated rings. The molecule has 1 aliphatic rings. The van der Waals surface area contributed by atoms with E-state index in [0.29, 0.717) is 19.8 Å². The summed E-state index contributed by atoms with van der Waals surface area (Å²) >= 11 is 0. The van der Waals surface area contributed by atoms with Gasteiger partial charge in [-0.05, 0) is 30.5 Å². The van der Waals surface area contributed by atoms with Gasteiger partial charge in [-0.1, -0.05) is 67.1 Å². The number of hydrogen-bond donors (Lipinski definition) is 1. The summed E-state index contributed by atoms with van der Waals surface area (Å²) < 4.78 is 17.2. The molecule has 28 heavy (non-hydrogen) atoms. The third-order valence-corrected chi connectivity index (χ3v) is 4.79. The maximum absolute atomic E-state index is 12.1. The second-order valence-electron chi connectivity index (χ2n) is 6.94. The van der Waals surface area contributed by atoms with Gasteiger partial charge in [-0.25, -0.2) is 0 Å². The fourth-order valence-corrected chi connectivity index (χ4v) is 3.25. The number of hydrogen-bond acceptors (Lipinski definition) is 5. The Morgan fingerprint density at radius 2 is 1.75 bits per heavy atom. The summed E-state index contributed by atoms with van der Waals surface area (Å²) in [6, 6.07) is 19.9. The molecule has 150 valence electrons. The van der Waals surface area contributed by atoms with Gasteiger partial charge in [0.1, 0.15) is 18.8 Å². The first-order valence-electron chi connectivity index (χ1n) is 10.0. The molecule has 0 saturated carbocycles. The van der Waals surface area contributed by atoms with Gasteiger partial charge in [-0.15, -0.1) is 0 Å². The number of carbonyl (C=O) groups excluding carboxylic acids is 1. The number of piperidine rings is 1. The lowest BCUT2D eigenvalue weighted by molar-refractivity contribution is -0.149. The highest BCUT2D eigenvalue weighted by Gasteiger charge is 2.22. The molecule has 0 radical (unpaired) electrons. The smallest absolute Gasteiger partial charge is 0.323 e. The molecule has 5 nitrogen and oxygen atoms in total. The molecular formula is C23H29NO4. The molecule has 0 amide bonds. The molecular weight excluding hydrogens is 354 g/mol. The molecule has 2 aromatic rings. The van der Waals surface area contributed by atoms with Crippen LogP contribution in [0.2, 0.25) is 0 Å². The topological polar surface area (TPSA) is 56.8 Å². The average Bonchev–Trinajstić information content (AvgIpc) is 2.77. The van der Waals surface area contributed by atoms with Crippen molar-refractivity contribution in [1.29, 1.82) is 0 Å². The zero-order valence-electron chi connectivity index (χ0n) is 16.2. The van der Waals surface area contributed by atoms with Crippen molar-refractivity contribution in [1.82, 2.24) is 5.32 Å². The van der Waals surface area contributed by atoms with E-state index in [0.717, 1.165) is 36.9 Å². The number of carbonyl (C=O) groups is 1. The van der Waals surface area contributed by atoms with Crippen LogP contribution < -0.4 is 5.32 Å². The van der Waals surface area contributed by atoms with Crippen LogP contribution in [0.3, 0.4) is 0 Å². The van der Waals surface area contributed by atoms with Crippen LogP contribution >= 0.6 is 0 Å². The monoisotopic (exact) mass is 383 g/mol. The van der Waals surface area contributed by atoms with Crippen LogP contribution in [0.4, 0.5) is 0 Å². The van der Waals surface area contributed by atoms with Gasteiger partial charge in [0.15, 0.2) is 0 Å². The van der Waals surface area contributed by atoms with Crippen molar-refractivity contribution in [3.63, 3.8) is 0 Å². The van der Waals surface area contributed by atoms with Gasteiger partial charge in [0, 0.05) is 0 Å². The van der Waals surface area contributed by atoms with Crippen LogP contribution in [0.15, 0.2) is 60.7 Å². The normalized spacial score (nSPS) is 17.8. The first-order chi connectivity index (χ1) is 13.8. The van der Waals surface area contributed by atoms with E-state index in [4.69, 9.17) is 14.2 Å². The Morgan fingerprint density at radius 3 is 2.46 bits per heavy atom. The fraction of sp³-hybridized carbons (Fsp3) is 0.435. The molecule has 1 saturated heterocycles. The van der Waals surface area contributed by atoms with E-state index in [1.807, 2.05) is 60.7 Å². The summed E-state index contributed by atoms with van der Waals surface area (Å²) in [6.45, 7) is 2.45. The predicted octanol–water partition coefficient (Wildman–Crippen LogP) is 3.65. The van der Waals surface area contributed by atoms with Crippen molar-refractivity contribution in [3.8, 4) is 0 Å². The van der Waals surface area contributed by atoms with Crippen LogP contribution in [0.5, 0.6) is 0 Å². The van der Waals surface area contributed by atoms with Gasteiger partial charge in [0.25, 0.3) is 0 Å². The van der Waals surface area contributed by atoms with Crippen LogP contribution in [0.25, 0.3) is 0 Å². The molecule has 3 rings (SSSR count). The minimum atomic E-state index is -0.198. The first kappa shape index (κ1) is 20.5. The number of ether oxygens (including phenoxy) is 3. The van der Waals surface area contributed by atoms with Gasteiger partial charge < -0.3 is 19.5 Å². The number of nitrogens with one attached hydrogen (secondary N) is 1. The summed E-state index contributed by atoms with van der Waals surface area (Å²) in [4.78, 5) is 12.1. The standard InChI is InChI=1S/C23H29NO4/c25-23(21-13-7-8-14-24-21)28-16-15-27-22(20-11-5-2-6-12-20)18-26-17-19-9-3-1-4-10-19/h1-6,9-12,21-22,24H,7-8,13-18H2. The highest BCUT2D eigenvalue weighted by molar-refractivity contribution is 5.75. The lowest BCUT2D eigenvalue weighted by Gasteiger charge is -2.22. The van der Waals surface area contributed by atoms with Gasteiger partial charge in [0.05, 0.1) is 19.8 Å². The molecule has 0 aromatic heterocycles. The highest BCUT2D eigenvalue weighted by Crippen LogP contribution is 2.18. The summed E-state index contributed by atoms with van der Waals surface area (Å²) in [5.74, 6) is -0.181. The van der Waals surface area contributed by atoms with Crippen molar-refractivity contribution in [2.24, 2.45) is 0 Å². The first-order valence-corrected chi connectivity index (χ1v) is 10.0. The summed E-state index contributed by atoms with van der Waals surface area (Å²) in [5, 5.41) is 3.20. The van der Waals surface area contributed by atoms with Crippen molar-refractivity contribution in [2.75, 3.05) is 26.4 Å². The maximum atomic E-state index is 12.1. The highest BCUT2D eigenvalue weighted by atomic mass is 16.6. The van der Waals surface area contributed by atoms with E-state index < -0.39 is 0 Å². The molecule has 1 N–H and O–H groups in total. The van der Waals surface area contributed by atoms with E-state index in [9.17, 15) is 4.79 Å². The van der Waals surface area contributed by atoms with Crippen LogP contribution in [0, 0.1) is 0 Å². The minimum absolute atomic E-state index is 0.173. The molecule has 1 aliphatic heterocycles. The van der Waals surface area contributed by atoms with E-state index in [1.54, 1.807) is 0 Å². The maximum Gasteiger partial charge on any atom is 0.323 e. The third kappa shape index (κ3) is 6.75. The van der Waals surface area contributed by atoms with Gasteiger partial charge in [0.2, 0.25) is 0 Å². The molecule has 0 aliphatic carbocycles. The summed E-state index contributed by atoms with van der Waals surface area (Å²) in [5.41, 5.74) is 2.18. The molecule has 1 heterocycles. The minimum Gasteiger partial charge on any atom is -0.462 e. The summed E-state index contributed by atoms with van der Waals surface area (Å²) in [6.07, 6.45) is 2.84. The molecule has 2 aromatic carbocycles. The number of rotatable bonds is 10. The Kier molecular flexibility index (Phi) is 8.50. The second kappa shape index (κ2) is 11.6. The molecule has 2 unspecified atom stereocenters. The van der Waals surface area contributed by atoms with Crippen LogP contribution in [0.1, 0.15) is 36.5 Å². The van der Waals surface area contributed by atoms with Crippen LogP contribution in [-0.2, 0) is 25.6 Å². The number of esters is 1. The van der Waals surface area contributed by atoms with E-state index in [-0.39, 0.29) is 24.7 Å². The zero-order valence-corrected chi connectivity index (χ0v) is 16.2. The van der Waals surface area contributed by atoms with Crippen molar-refractivity contribution in [2.45, 2.75) is 38.0 Å². The van der Waals surface area contributed by atoms with Crippen molar-refractivity contribution >= 4 is 5.97 Å². The predicted molar refractivity (Wildman–Crippen MR) is 108 cm³/mol. The molecule has 5 heteroatoms. The largest absolute Gasteiger partial charge is 0.462 e. The van der Waals surface area contributed by atoms with E-state index in [1.165, 1.54) is 0 Å². The Labute approximate surface area is 167 Å². The summed E-state index contributed by atoms with van der Waals surface area (Å²) in [7, 11) is 0. The molecule has 0 bridgehead atoms. The van der Waals surface area contributed by atoms with Gasteiger partial charge in [-0.2, -0.15) is 0 Å². The SMILES string of the molecule is O=C(OCCOC(COCc1ccccc1)c1ccccc1)C1CCCCN1. The molecule has 2 atom stereocenters. The Hall–Kier alpha value is -2.21. The zero-order chi connectivity index (χ0) is 19.4. The van der Waals surface area contributed by atoms with Crippen molar-refractivity contribution < 1.29 is 19.0 Å².